The summed E-state index contributed by atoms with van der Waals surface area (Å²) in [6.45, 7) is 4.42. The molecule has 2 N–H and O–H groups in total. The first kappa shape index (κ1) is 44.2. The number of rotatable bonds is 33. The summed E-state index contributed by atoms with van der Waals surface area (Å²) in [5.41, 5.74) is 0. The van der Waals surface area contributed by atoms with Crippen LogP contribution in [0, 0.1) is 0 Å². The molecule has 0 aromatic rings. The number of allylic oxidation sites excluding steroid dienone is 1. The third-order valence-corrected chi connectivity index (χ3v) is 9.19. The molecule has 3 atom stereocenters. The fourth-order valence-corrected chi connectivity index (χ4v) is 5.94. The van der Waals surface area contributed by atoms with Gasteiger partial charge in [-0.2, -0.15) is 0 Å². The number of phosphoric acid groups is 1. The van der Waals surface area contributed by atoms with Crippen molar-refractivity contribution in [1.82, 2.24) is 5.32 Å². The van der Waals surface area contributed by atoms with E-state index in [1.165, 1.54) is 109 Å². The molecule has 0 aromatic heterocycles. The summed E-state index contributed by atoms with van der Waals surface area (Å²) in [6, 6.07) is -0.875. The van der Waals surface area contributed by atoms with Gasteiger partial charge in [-0.25, -0.2) is 0 Å². The molecule has 0 radical (unpaired) electrons. The first-order valence-corrected chi connectivity index (χ1v) is 20.0. The second kappa shape index (κ2) is 29.4. The van der Waals surface area contributed by atoms with E-state index in [-0.39, 0.29) is 19.1 Å². The zero-order valence-corrected chi connectivity index (χ0v) is 31.0. The minimum atomic E-state index is -4.55. The molecule has 0 aromatic carbocycles. The lowest BCUT2D eigenvalue weighted by Gasteiger charge is -2.29. The van der Waals surface area contributed by atoms with Gasteiger partial charge in [-0.1, -0.05) is 154 Å². The normalized spacial score (nSPS) is 14.9. The van der Waals surface area contributed by atoms with E-state index in [0.717, 1.165) is 32.1 Å². The highest BCUT2D eigenvalue weighted by Gasteiger charge is 2.23. The van der Waals surface area contributed by atoms with Gasteiger partial charge >= 0.3 is 0 Å². The lowest BCUT2D eigenvalue weighted by molar-refractivity contribution is -0.870. The summed E-state index contributed by atoms with van der Waals surface area (Å²) in [5.74, 6) is -0.208. The summed E-state index contributed by atoms with van der Waals surface area (Å²) >= 11 is 0. The van der Waals surface area contributed by atoms with E-state index < -0.39 is 20.0 Å². The lowest BCUT2D eigenvalue weighted by Crippen LogP contribution is -2.45. The largest absolute Gasteiger partial charge is 0.756 e. The fourth-order valence-electron chi connectivity index (χ4n) is 5.22. The number of aliphatic hydroxyl groups is 1. The van der Waals surface area contributed by atoms with Gasteiger partial charge in [0.15, 0.2) is 0 Å². The number of phosphoric ester groups is 1. The van der Waals surface area contributed by atoms with Crippen molar-refractivity contribution in [2.75, 3.05) is 40.9 Å². The zero-order chi connectivity index (χ0) is 33.7. The summed E-state index contributed by atoms with van der Waals surface area (Å²) in [6.07, 6.45) is 30.6. The highest BCUT2D eigenvalue weighted by molar-refractivity contribution is 7.45. The Labute approximate surface area is 278 Å². The number of likely N-dealkylation sites (N-methyl/N-ethyl adjacent to an activating group) is 1. The number of carbonyl (C=O) groups is 1. The van der Waals surface area contributed by atoms with Crippen LogP contribution in [0.1, 0.15) is 162 Å². The van der Waals surface area contributed by atoms with Crippen LogP contribution in [-0.4, -0.2) is 68.5 Å². The minimum Gasteiger partial charge on any atom is -0.756 e. The maximum atomic E-state index is 12.6. The Bertz CT molecular complexity index is 758. The van der Waals surface area contributed by atoms with Gasteiger partial charge in [0.1, 0.15) is 13.2 Å². The quantitative estimate of drug-likeness (QED) is 0.0316. The number of aliphatic hydroxyl groups excluding tert-OH is 1. The van der Waals surface area contributed by atoms with E-state index in [0.29, 0.717) is 17.4 Å². The van der Waals surface area contributed by atoms with Crippen LogP contribution in [0.4, 0.5) is 0 Å². The van der Waals surface area contributed by atoms with Crippen molar-refractivity contribution in [2.45, 2.75) is 174 Å². The fraction of sp³-hybridized carbons (Fsp3) is 0.917. The van der Waals surface area contributed by atoms with E-state index in [4.69, 9.17) is 9.05 Å². The van der Waals surface area contributed by atoms with E-state index >= 15 is 0 Å². The van der Waals surface area contributed by atoms with E-state index in [1.54, 1.807) is 6.08 Å². The molecule has 3 unspecified atom stereocenters. The summed E-state index contributed by atoms with van der Waals surface area (Å²) in [4.78, 5) is 24.8. The second-order valence-corrected chi connectivity index (χ2v) is 15.3. The van der Waals surface area contributed by atoms with Gasteiger partial charge in [-0.15, -0.1) is 0 Å². The van der Waals surface area contributed by atoms with Gasteiger partial charge in [0.05, 0.1) is 39.9 Å². The van der Waals surface area contributed by atoms with Crippen molar-refractivity contribution < 1.29 is 32.9 Å². The Morgan fingerprint density at radius 3 is 1.62 bits per heavy atom. The van der Waals surface area contributed by atoms with Gasteiger partial charge in [0, 0.05) is 6.42 Å². The number of amides is 1. The predicted molar refractivity (Wildman–Crippen MR) is 187 cm³/mol. The molecule has 0 fully saturated rings. The zero-order valence-electron chi connectivity index (χ0n) is 30.1. The SMILES string of the molecule is CCC/C=C/C(O)C(COP(=O)([O-])OCC[N+](C)(C)C)NC(=O)CCCCCCCCCCCCCCCCCCCCCC. The molecule has 0 saturated carbocycles. The number of carbonyl (C=O) groups excluding carboxylic acids is 1. The number of hydrogen-bond donors (Lipinski definition) is 2. The third-order valence-electron chi connectivity index (χ3n) is 8.23. The number of nitrogens with one attached hydrogen (secondary N) is 1. The maximum Gasteiger partial charge on any atom is 0.268 e. The van der Waals surface area contributed by atoms with Gasteiger partial charge in [-0.3, -0.25) is 9.36 Å². The summed E-state index contributed by atoms with van der Waals surface area (Å²) < 4.78 is 22.8. The van der Waals surface area contributed by atoms with Crippen LogP contribution in [0.15, 0.2) is 12.2 Å². The Balaban J connectivity index is 4.00. The molecule has 1 amide bonds. The first-order valence-electron chi connectivity index (χ1n) is 18.6. The van der Waals surface area contributed by atoms with Crippen molar-refractivity contribution in [3.63, 3.8) is 0 Å². The summed E-state index contributed by atoms with van der Waals surface area (Å²) in [7, 11) is 1.26. The highest BCUT2D eigenvalue weighted by atomic mass is 31.2. The van der Waals surface area contributed by atoms with Crippen LogP contribution in [0.5, 0.6) is 0 Å². The van der Waals surface area contributed by atoms with Crippen molar-refractivity contribution in [2.24, 2.45) is 0 Å². The minimum absolute atomic E-state index is 0.000298. The van der Waals surface area contributed by atoms with Crippen molar-refractivity contribution in [3.8, 4) is 0 Å². The van der Waals surface area contributed by atoms with Gasteiger partial charge in [0.25, 0.3) is 7.82 Å². The average Bonchev–Trinajstić information content (AvgIpc) is 2.97. The molecule has 0 aliphatic rings. The molecule has 0 bridgehead atoms. The lowest BCUT2D eigenvalue weighted by atomic mass is 10.0. The van der Waals surface area contributed by atoms with Crippen LogP contribution in [-0.2, 0) is 18.4 Å². The molecule has 8 nitrogen and oxygen atoms in total. The monoisotopic (exact) mass is 661 g/mol. The van der Waals surface area contributed by atoms with Crippen molar-refractivity contribution >= 4 is 13.7 Å². The average molecular weight is 661 g/mol. The highest BCUT2D eigenvalue weighted by Crippen LogP contribution is 2.38. The molecular formula is C36H73N2O6P. The molecule has 0 rings (SSSR count). The van der Waals surface area contributed by atoms with E-state index in [9.17, 15) is 19.4 Å². The molecule has 268 valence electrons. The van der Waals surface area contributed by atoms with Crippen LogP contribution < -0.4 is 10.2 Å². The van der Waals surface area contributed by atoms with E-state index in [1.807, 2.05) is 34.1 Å². The van der Waals surface area contributed by atoms with Crippen LogP contribution in [0.3, 0.4) is 0 Å². The van der Waals surface area contributed by atoms with Gasteiger partial charge in [-0.05, 0) is 12.8 Å². The molecular weight excluding hydrogens is 587 g/mol. The van der Waals surface area contributed by atoms with E-state index in [2.05, 4.69) is 12.2 Å². The molecule has 9 heteroatoms. The van der Waals surface area contributed by atoms with Gasteiger partial charge in [0.2, 0.25) is 5.91 Å². The molecule has 0 saturated heterocycles. The smallest absolute Gasteiger partial charge is 0.268 e. The van der Waals surface area contributed by atoms with Crippen LogP contribution >= 0.6 is 7.82 Å². The molecule has 0 aliphatic heterocycles. The number of hydrogen-bond acceptors (Lipinski definition) is 6. The van der Waals surface area contributed by atoms with Crippen LogP contribution in [0.2, 0.25) is 0 Å². The molecule has 0 heterocycles. The molecule has 0 aliphatic carbocycles. The van der Waals surface area contributed by atoms with Gasteiger partial charge < -0.3 is 28.8 Å². The summed E-state index contributed by atoms with van der Waals surface area (Å²) in [5, 5.41) is 13.4. The Morgan fingerprint density at radius 1 is 0.756 bits per heavy atom. The Morgan fingerprint density at radius 2 is 1.20 bits per heavy atom. The number of nitrogens with zero attached hydrogens (tertiary/aromatic N) is 1. The second-order valence-electron chi connectivity index (χ2n) is 13.9. The van der Waals surface area contributed by atoms with Crippen LogP contribution in [0.25, 0.3) is 0 Å². The standard InChI is InChI=1S/C36H73N2O6P/c1-6-8-10-11-12-13-14-15-16-17-18-19-20-21-22-23-24-25-26-28-30-36(40)37-34(35(39)29-27-9-7-2)33-44-45(41,42)43-32-31-38(3,4)5/h27,29,34-35,39H,6-26,28,30-33H2,1-5H3,(H-,37,40,41,42)/b29-27+. The topological polar surface area (TPSA) is 108 Å². The first-order chi connectivity index (χ1) is 21.5. The Kier molecular flexibility index (Phi) is 28.9. The van der Waals surface area contributed by atoms with Crippen molar-refractivity contribution in [3.05, 3.63) is 12.2 Å². The predicted octanol–water partition coefficient (Wildman–Crippen LogP) is 8.61. The third kappa shape index (κ3) is 31.6. The molecule has 45 heavy (non-hydrogen) atoms. The van der Waals surface area contributed by atoms with Crippen molar-refractivity contribution in [1.29, 1.82) is 0 Å². The number of unbranched alkanes of at least 4 members (excludes halogenated alkanes) is 20. The maximum absolute atomic E-state index is 12.6. The number of quaternary nitrogens is 1. The molecule has 0 spiro atoms. The Hall–Kier alpha value is -0.760.